The Bertz CT molecular complexity index is 590. The van der Waals surface area contributed by atoms with Crippen LogP contribution in [0.2, 0.25) is 0 Å². The normalized spacial score (nSPS) is 27.0. The second-order valence-electron chi connectivity index (χ2n) is 5.82. The Hall–Kier alpha value is -1.20. The highest BCUT2D eigenvalue weighted by Gasteiger charge is 2.41. The van der Waals surface area contributed by atoms with Gasteiger partial charge in [-0.05, 0) is 25.2 Å². The van der Waals surface area contributed by atoms with Gasteiger partial charge in [0.25, 0.3) is 0 Å². The Morgan fingerprint density at radius 3 is 3.20 bits per heavy atom. The van der Waals surface area contributed by atoms with Crippen molar-refractivity contribution in [1.82, 2.24) is 9.38 Å². The molecule has 0 aromatic carbocycles. The number of fused-ring (bicyclic) bond motifs is 1. The van der Waals surface area contributed by atoms with Crippen molar-refractivity contribution < 1.29 is 9.53 Å². The van der Waals surface area contributed by atoms with Crippen LogP contribution in [-0.2, 0) is 16.0 Å². The fourth-order valence-corrected chi connectivity index (χ4v) is 3.96. The van der Waals surface area contributed by atoms with Crippen molar-refractivity contribution in [3.8, 4) is 0 Å². The smallest absolute Gasteiger partial charge is 0.193 e. The van der Waals surface area contributed by atoms with Crippen LogP contribution in [0.1, 0.15) is 38.3 Å². The van der Waals surface area contributed by atoms with Gasteiger partial charge in [-0.3, -0.25) is 9.20 Å². The van der Waals surface area contributed by atoms with E-state index in [0.717, 1.165) is 29.9 Å². The number of hydrogen-bond acceptors (Lipinski definition) is 4. The van der Waals surface area contributed by atoms with E-state index in [-0.39, 0.29) is 5.78 Å². The van der Waals surface area contributed by atoms with Crippen molar-refractivity contribution in [3.63, 3.8) is 0 Å². The summed E-state index contributed by atoms with van der Waals surface area (Å²) >= 11 is 1.59. The number of nitrogens with zero attached hydrogens (tertiary/aromatic N) is 2. The van der Waals surface area contributed by atoms with Crippen molar-refractivity contribution in [3.05, 3.63) is 23.5 Å². The first-order valence-electron chi connectivity index (χ1n) is 7.12. The molecule has 0 bridgehead atoms. The van der Waals surface area contributed by atoms with E-state index in [9.17, 15) is 4.79 Å². The topological polar surface area (TPSA) is 43.6 Å². The van der Waals surface area contributed by atoms with Crippen LogP contribution < -0.4 is 0 Å². The van der Waals surface area contributed by atoms with Crippen molar-refractivity contribution in [2.75, 3.05) is 7.11 Å². The van der Waals surface area contributed by atoms with E-state index in [1.807, 2.05) is 22.2 Å². The van der Waals surface area contributed by atoms with E-state index >= 15 is 0 Å². The minimum Gasteiger partial charge on any atom is -0.370 e. The number of Topliss-reactive ketones (excluding diaryl/α,β-unsaturated/α-hetero) is 1. The second-order valence-corrected chi connectivity index (χ2v) is 6.70. The quantitative estimate of drug-likeness (QED) is 0.869. The van der Waals surface area contributed by atoms with Crippen LogP contribution in [0, 0.1) is 5.92 Å². The molecule has 0 radical (unpaired) electrons. The molecule has 20 heavy (non-hydrogen) atoms. The Morgan fingerprint density at radius 1 is 1.65 bits per heavy atom. The third-order valence-electron chi connectivity index (χ3n) is 4.34. The zero-order valence-electron chi connectivity index (χ0n) is 12.0. The van der Waals surface area contributed by atoms with E-state index in [0.29, 0.717) is 12.3 Å². The molecular formula is C15H20N2O2S. The van der Waals surface area contributed by atoms with Crippen LogP contribution in [0.25, 0.3) is 4.96 Å². The largest absolute Gasteiger partial charge is 0.370 e. The summed E-state index contributed by atoms with van der Waals surface area (Å²) in [5.74, 6) is 0.732. The first kappa shape index (κ1) is 13.8. The monoisotopic (exact) mass is 292 g/mol. The lowest BCUT2D eigenvalue weighted by molar-refractivity contribution is -0.146. The van der Waals surface area contributed by atoms with Crippen molar-refractivity contribution in [2.24, 2.45) is 5.92 Å². The van der Waals surface area contributed by atoms with E-state index in [2.05, 4.69) is 11.9 Å². The molecule has 0 N–H and O–H groups in total. The lowest BCUT2D eigenvalue weighted by atomic mass is 9.75. The van der Waals surface area contributed by atoms with E-state index in [4.69, 9.17) is 4.74 Å². The summed E-state index contributed by atoms with van der Waals surface area (Å²) in [6.45, 7) is 2.20. The molecule has 1 fully saturated rings. The lowest BCUT2D eigenvalue weighted by Crippen LogP contribution is -2.45. The van der Waals surface area contributed by atoms with Crippen LogP contribution in [0.5, 0.6) is 0 Å². The number of rotatable bonds is 4. The van der Waals surface area contributed by atoms with Gasteiger partial charge in [-0.1, -0.05) is 13.3 Å². The Labute approximate surface area is 122 Å². The average molecular weight is 292 g/mol. The molecule has 1 aliphatic carbocycles. The van der Waals surface area contributed by atoms with E-state index in [1.54, 1.807) is 18.4 Å². The molecule has 0 saturated heterocycles. The first-order chi connectivity index (χ1) is 9.63. The maximum absolute atomic E-state index is 12.7. The summed E-state index contributed by atoms with van der Waals surface area (Å²) in [5, 5.41) is 1.99. The van der Waals surface area contributed by atoms with Gasteiger partial charge in [0.2, 0.25) is 0 Å². The minimum absolute atomic E-state index is 0.178. The number of aromatic nitrogens is 2. The Morgan fingerprint density at radius 2 is 2.50 bits per heavy atom. The molecular weight excluding hydrogens is 272 g/mol. The standard InChI is InChI=1S/C15H20N2O2S/c1-11-4-3-5-15(9-11,19-2)13(18)8-12-10-17-6-7-20-14(17)16-12/h6-7,10-11H,3-5,8-9H2,1-2H3. The molecule has 2 aromatic heterocycles. The highest BCUT2D eigenvalue weighted by atomic mass is 32.1. The minimum atomic E-state index is -0.589. The Balaban J connectivity index is 1.78. The highest BCUT2D eigenvalue weighted by molar-refractivity contribution is 7.15. The molecule has 1 saturated carbocycles. The number of imidazole rings is 1. The maximum atomic E-state index is 12.7. The van der Waals surface area contributed by atoms with Gasteiger partial charge in [0.1, 0.15) is 5.60 Å². The van der Waals surface area contributed by atoms with E-state index < -0.39 is 5.60 Å². The second kappa shape index (κ2) is 5.30. The molecule has 2 aromatic rings. The number of ketones is 1. The molecule has 1 aliphatic rings. The van der Waals surface area contributed by atoms with Gasteiger partial charge < -0.3 is 4.74 Å². The highest BCUT2D eigenvalue weighted by Crippen LogP contribution is 2.36. The SMILES string of the molecule is COC1(C(=O)Cc2cn3ccsc3n2)CCCC(C)C1. The van der Waals surface area contributed by atoms with Crippen molar-refractivity contribution in [1.29, 1.82) is 0 Å². The number of methoxy groups -OCH3 is 1. The molecule has 5 heteroatoms. The molecule has 0 aliphatic heterocycles. The van der Waals surface area contributed by atoms with Crippen LogP contribution in [-0.4, -0.2) is 27.9 Å². The summed E-state index contributed by atoms with van der Waals surface area (Å²) in [7, 11) is 1.67. The van der Waals surface area contributed by atoms with Crippen LogP contribution in [0.3, 0.4) is 0 Å². The maximum Gasteiger partial charge on any atom is 0.193 e. The number of ether oxygens (including phenoxy) is 1. The number of hydrogen-bond donors (Lipinski definition) is 0. The fraction of sp³-hybridized carbons (Fsp3) is 0.600. The van der Waals surface area contributed by atoms with Gasteiger partial charge in [-0.25, -0.2) is 4.98 Å². The number of thiazole rings is 1. The Kier molecular flexibility index (Phi) is 3.65. The molecule has 0 spiro atoms. The molecule has 108 valence electrons. The summed E-state index contributed by atoms with van der Waals surface area (Å²) in [4.78, 5) is 18.1. The zero-order chi connectivity index (χ0) is 14.2. The van der Waals surface area contributed by atoms with Crippen LogP contribution in [0.4, 0.5) is 0 Å². The number of carbonyl (C=O) groups excluding carboxylic acids is 1. The average Bonchev–Trinajstić information content (AvgIpc) is 2.99. The zero-order valence-corrected chi connectivity index (χ0v) is 12.8. The predicted molar refractivity (Wildman–Crippen MR) is 79.2 cm³/mol. The van der Waals surface area contributed by atoms with Crippen LogP contribution >= 0.6 is 11.3 Å². The molecule has 0 amide bonds. The molecule has 2 unspecified atom stereocenters. The molecule has 3 rings (SSSR count). The molecule has 2 atom stereocenters. The fourth-order valence-electron chi connectivity index (χ4n) is 3.24. The predicted octanol–water partition coefficient (Wildman–Crippen LogP) is 3.10. The van der Waals surface area contributed by atoms with E-state index in [1.165, 1.54) is 6.42 Å². The summed E-state index contributed by atoms with van der Waals surface area (Å²) < 4.78 is 7.63. The third-order valence-corrected chi connectivity index (χ3v) is 5.11. The third kappa shape index (κ3) is 2.40. The van der Waals surface area contributed by atoms with Gasteiger partial charge in [0.05, 0.1) is 12.1 Å². The van der Waals surface area contributed by atoms with Gasteiger partial charge in [-0.2, -0.15) is 0 Å². The summed E-state index contributed by atoms with van der Waals surface area (Å²) in [6, 6.07) is 0. The van der Waals surface area contributed by atoms with Crippen LogP contribution in [0.15, 0.2) is 17.8 Å². The lowest BCUT2D eigenvalue weighted by Gasteiger charge is -2.37. The summed E-state index contributed by atoms with van der Waals surface area (Å²) in [6.07, 6.45) is 8.22. The number of carbonyl (C=O) groups is 1. The molecule has 4 nitrogen and oxygen atoms in total. The van der Waals surface area contributed by atoms with Gasteiger partial charge >= 0.3 is 0 Å². The van der Waals surface area contributed by atoms with Gasteiger partial charge in [0.15, 0.2) is 10.7 Å². The first-order valence-corrected chi connectivity index (χ1v) is 8.00. The van der Waals surface area contributed by atoms with Crippen molar-refractivity contribution in [2.45, 2.75) is 44.6 Å². The molecule has 2 heterocycles. The van der Waals surface area contributed by atoms with Gasteiger partial charge in [-0.15, -0.1) is 11.3 Å². The summed E-state index contributed by atoms with van der Waals surface area (Å²) in [5.41, 5.74) is 0.255. The van der Waals surface area contributed by atoms with Crippen molar-refractivity contribution >= 4 is 22.1 Å². The van der Waals surface area contributed by atoms with Gasteiger partial charge in [0, 0.05) is 24.9 Å².